The predicted octanol–water partition coefficient (Wildman–Crippen LogP) is 1.72. The zero-order valence-electron chi connectivity index (χ0n) is 14.2. The van der Waals surface area contributed by atoms with Gasteiger partial charge in [-0.05, 0) is 29.0 Å². The third-order valence-corrected chi connectivity index (χ3v) is 8.10. The summed E-state index contributed by atoms with van der Waals surface area (Å²) in [6, 6.07) is 10.3. The molecule has 0 N–H and O–H groups in total. The van der Waals surface area contributed by atoms with Crippen LogP contribution in [0.15, 0.2) is 46.0 Å². The normalized spacial score (nSPS) is 21.4. The summed E-state index contributed by atoms with van der Waals surface area (Å²) < 4.78 is 33.4. The first kappa shape index (κ1) is 17.7. The number of morpholine rings is 1. The molecule has 1 amide bonds. The molecule has 2 aliphatic heterocycles. The maximum atomic E-state index is 13.2. The van der Waals surface area contributed by atoms with Gasteiger partial charge in [0.25, 0.3) is 10.0 Å². The van der Waals surface area contributed by atoms with Gasteiger partial charge in [-0.2, -0.15) is 4.31 Å². The van der Waals surface area contributed by atoms with Gasteiger partial charge in [0, 0.05) is 19.6 Å². The molecule has 0 aliphatic carbocycles. The summed E-state index contributed by atoms with van der Waals surface area (Å²) in [6.45, 7) is 2.21. The first-order valence-corrected chi connectivity index (χ1v) is 10.9. The molecule has 3 heterocycles. The molecule has 2 aliphatic rings. The Hall–Kier alpha value is -1.74. The highest BCUT2D eigenvalue weighted by molar-refractivity contribution is 7.91. The van der Waals surface area contributed by atoms with Gasteiger partial charge in [-0.3, -0.25) is 4.79 Å². The molecule has 26 heavy (non-hydrogen) atoms. The number of nitrogens with zero attached hydrogens (tertiary/aromatic N) is 2. The Morgan fingerprint density at radius 1 is 1.08 bits per heavy atom. The van der Waals surface area contributed by atoms with E-state index < -0.39 is 16.1 Å². The minimum atomic E-state index is -3.72. The maximum Gasteiger partial charge on any atom is 0.253 e. The minimum absolute atomic E-state index is 0.136. The average Bonchev–Trinajstić information content (AvgIpc) is 3.23. The monoisotopic (exact) mass is 392 g/mol. The van der Waals surface area contributed by atoms with Crippen LogP contribution in [0.1, 0.15) is 11.1 Å². The molecule has 0 saturated carbocycles. The molecule has 1 saturated heterocycles. The lowest BCUT2D eigenvalue weighted by Gasteiger charge is -2.38. The number of thiophene rings is 1. The third kappa shape index (κ3) is 3.18. The Kier molecular flexibility index (Phi) is 4.83. The summed E-state index contributed by atoms with van der Waals surface area (Å²) in [5.74, 6) is -0.136. The van der Waals surface area contributed by atoms with Gasteiger partial charge >= 0.3 is 0 Å². The highest BCUT2D eigenvalue weighted by atomic mass is 32.2. The second kappa shape index (κ2) is 7.11. The van der Waals surface area contributed by atoms with Crippen LogP contribution in [0.2, 0.25) is 0 Å². The Bertz CT molecular complexity index is 890. The number of amides is 1. The number of fused-ring (bicyclic) bond motifs is 1. The molecule has 138 valence electrons. The highest BCUT2D eigenvalue weighted by Gasteiger charge is 2.41. The van der Waals surface area contributed by atoms with E-state index in [4.69, 9.17) is 4.74 Å². The first-order chi connectivity index (χ1) is 12.6. The Morgan fingerprint density at radius 2 is 1.81 bits per heavy atom. The van der Waals surface area contributed by atoms with Crippen molar-refractivity contribution in [3.8, 4) is 0 Å². The van der Waals surface area contributed by atoms with E-state index in [0.29, 0.717) is 32.7 Å². The molecule has 1 aromatic heterocycles. The lowest BCUT2D eigenvalue weighted by molar-refractivity contribution is -0.139. The van der Waals surface area contributed by atoms with Crippen LogP contribution < -0.4 is 0 Å². The fourth-order valence-corrected chi connectivity index (χ4v) is 6.16. The molecular weight excluding hydrogens is 372 g/mol. The predicted molar refractivity (Wildman–Crippen MR) is 98.4 cm³/mol. The highest BCUT2D eigenvalue weighted by Crippen LogP contribution is 2.31. The van der Waals surface area contributed by atoms with Crippen LogP contribution >= 0.6 is 11.3 Å². The topological polar surface area (TPSA) is 66.9 Å². The van der Waals surface area contributed by atoms with Crippen LogP contribution in [-0.4, -0.2) is 55.9 Å². The fourth-order valence-electron chi connectivity index (χ4n) is 3.48. The summed E-state index contributed by atoms with van der Waals surface area (Å²) in [5.41, 5.74) is 2.00. The number of sulfonamides is 1. The van der Waals surface area contributed by atoms with Crippen molar-refractivity contribution in [1.29, 1.82) is 0 Å². The first-order valence-electron chi connectivity index (χ1n) is 8.56. The van der Waals surface area contributed by atoms with Gasteiger partial charge in [-0.1, -0.05) is 30.3 Å². The lowest BCUT2D eigenvalue weighted by atomic mass is 9.95. The lowest BCUT2D eigenvalue weighted by Crippen LogP contribution is -2.55. The SMILES string of the molecule is O=C([C@H]1Cc2ccccc2CN1S(=O)(=O)c1cccs1)N1CCOCC1. The molecule has 1 aromatic carbocycles. The van der Waals surface area contributed by atoms with E-state index in [1.165, 1.54) is 15.6 Å². The van der Waals surface area contributed by atoms with Crippen molar-refractivity contribution in [3.63, 3.8) is 0 Å². The summed E-state index contributed by atoms with van der Waals surface area (Å²) in [5, 5.41) is 1.74. The number of carbonyl (C=O) groups excluding carboxylic acids is 1. The Morgan fingerprint density at radius 3 is 2.50 bits per heavy atom. The van der Waals surface area contributed by atoms with Crippen LogP contribution in [0.4, 0.5) is 0 Å². The second-order valence-corrected chi connectivity index (χ2v) is 9.47. The van der Waals surface area contributed by atoms with Gasteiger partial charge < -0.3 is 9.64 Å². The van der Waals surface area contributed by atoms with E-state index in [-0.39, 0.29) is 16.7 Å². The van der Waals surface area contributed by atoms with Crippen molar-refractivity contribution >= 4 is 27.3 Å². The molecule has 2 aromatic rings. The summed E-state index contributed by atoms with van der Waals surface area (Å²) >= 11 is 1.18. The maximum absolute atomic E-state index is 13.2. The van der Waals surface area contributed by atoms with E-state index in [1.807, 2.05) is 24.3 Å². The van der Waals surface area contributed by atoms with Crippen molar-refractivity contribution in [1.82, 2.24) is 9.21 Å². The van der Waals surface area contributed by atoms with Crippen LogP contribution in [0, 0.1) is 0 Å². The number of hydrogen-bond acceptors (Lipinski definition) is 5. The third-order valence-electron chi connectivity index (χ3n) is 4.87. The van der Waals surface area contributed by atoms with Crippen molar-refractivity contribution in [2.45, 2.75) is 23.2 Å². The molecule has 1 atom stereocenters. The largest absolute Gasteiger partial charge is 0.378 e. The molecule has 8 heteroatoms. The standard InChI is InChI=1S/C18H20N2O4S2/c21-18(19-7-9-24-10-8-19)16-12-14-4-1-2-5-15(14)13-20(16)26(22,23)17-6-3-11-25-17/h1-6,11,16H,7-10,12-13H2/t16-/m1/s1. The van der Waals surface area contributed by atoms with E-state index in [1.54, 1.807) is 22.4 Å². The van der Waals surface area contributed by atoms with Gasteiger partial charge in [-0.25, -0.2) is 8.42 Å². The minimum Gasteiger partial charge on any atom is -0.378 e. The van der Waals surface area contributed by atoms with Crippen LogP contribution in [0.25, 0.3) is 0 Å². The van der Waals surface area contributed by atoms with Crippen molar-refractivity contribution in [3.05, 3.63) is 52.9 Å². The van der Waals surface area contributed by atoms with Gasteiger partial charge in [0.1, 0.15) is 10.3 Å². The Labute approximate surface area is 157 Å². The molecule has 0 radical (unpaired) electrons. The molecule has 4 rings (SSSR count). The fraction of sp³-hybridized carbons (Fsp3) is 0.389. The Balaban J connectivity index is 1.72. The number of benzene rings is 1. The molecule has 0 spiro atoms. The second-order valence-electron chi connectivity index (χ2n) is 6.41. The quantitative estimate of drug-likeness (QED) is 0.798. The van der Waals surface area contributed by atoms with Crippen molar-refractivity contribution in [2.75, 3.05) is 26.3 Å². The van der Waals surface area contributed by atoms with Gasteiger partial charge in [0.05, 0.1) is 13.2 Å². The molecular formula is C18H20N2O4S2. The van der Waals surface area contributed by atoms with E-state index in [0.717, 1.165) is 11.1 Å². The van der Waals surface area contributed by atoms with E-state index >= 15 is 0 Å². The number of carbonyl (C=O) groups is 1. The summed E-state index contributed by atoms with van der Waals surface area (Å²) in [6.07, 6.45) is 0.400. The van der Waals surface area contributed by atoms with E-state index in [2.05, 4.69) is 0 Å². The van der Waals surface area contributed by atoms with Crippen LogP contribution in [0.3, 0.4) is 0 Å². The van der Waals surface area contributed by atoms with Crippen LogP contribution in [-0.2, 0) is 32.5 Å². The average molecular weight is 393 g/mol. The van der Waals surface area contributed by atoms with Crippen LogP contribution in [0.5, 0.6) is 0 Å². The van der Waals surface area contributed by atoms with Gasteiger partial charge in [0.15, 0.2) is 0 Å². The van der Waals surface area contributed by atoms with Gasteiger partial charge in [-0.15, -0.1) is 11.3 Å². The van der Waals surface area contributed by atoms with Crippen molar-refractivity contribution in [2.24, 2.45) is 0 Å². The smallest absolute Gasteiger partial charge is 0.253 e. The molecule has 0 unspecified atom stereocenters. The summed E-state index contributed by atoms with van der Waals surface area (Å²) in [4.78, 5) is 14.9. The zero-order valence-corrected chi connectivity index (χ0v) is 15.8. The number of ether oxygens (including phenoxy) is 1. The summed E-state index contributed by atoms with van der Waals surface area (Å²) in [7, 11) is -3.72. The number of rotatable bonds is 3. The zero-order chi connectivity index (χ0) is 18.1. The molecule has 1 fully saturated rings. The molecule has 6 nitrogen and oxygen atoms in total. The van der Waals surface area contributed by atoms with Gasteiger partial charge in [0.2, 0.25) is 5.91 Å². The molecule has 0 bridgehead atoms. The number of hydrogen-bond donors (Lipinski definition) is 0. The van der Waals surface area contributed by atoms with E-state index in [9.17, 15) is 13.2 Å². The van der Waals surface area contributed by atoms with Crippen molar-refractivity contribution < 1.29 is 17.9 Å².